The third kappa shape index (κ3) is 6.59. The molecule has 2 aromatic rings. The smallest absolute Gasteiger partial charge is 0.307 e. The van der Waals surface area contributed by atoms with Crippen molar-refractivity contribution in [1.82, 2.24) is 14.1 Å². The normalized spacial score (nSPS) is 18.6. The van der Waals surface area contributed by atoms with Crippen LogP contribution in [0.25, 0.3) is 6.08 Å². The van der Waals surface area contributed by atoms with Crippen LogP contribution in [0.2, 0.25) is 0 Å². The maximum absolute atomic E-state index is 13.8. The van der Waals surface area contributed by atoms with Crippen LogP contribution in [0, 0.1) is 0 Å². The van der Waals surface area contributed by atoms with Gasteiger partial charge in [0, 0.05) is 49.5 Å². The Bertz CT molecular complexity index is 1390. The Morgan fingerprint density at radius 3 is 2.58 bits per heavy atom. The summed E-state index contributed by atoms with van der Waals surface area (Å²) in [6, 6.07) is 8.30. The number of aryl methyl sites for hydroxylation is 1. The van der Waals surface area contributed by atoms with Crippen molar-refractivity contribution in [3.05, 3.63) is 58.0 Å². The van der Waals surface area contributed by atoms with Gasteiger partial charge >= 0.3 is 5.97 Å². The number of carbonyl (C=O) groups is 2. The summed E-state index contributed by atoms with van der Waals surface area (Å²) in [4.78, 5) is 35.4. The van der Waals surface area contributed by atoms with Crippen molar-refractivity contribution >= 4 is 56.7 Å². The number of benzene rings is 1. The molecule has 1 amide bonds. The van der Waals surface area contributed by atoms with Crippen molar-refractivity contribution < 1.29 is 22.7 Å². The molecule has 1 aromatic heterocycles. The molecule has 2 aliphatic heterocycles. The number of likely N-dealkylation sites (N-methyl/N-ethyl adjacent to an activating group) is 1. The van der Waals surface area contributed by atoms with Crippen LogP contribution in [0.3, 0.4) is 0 Å². The highest BCUT2D eigenvalue weighted by molar-refractivity contribution is 7.91. The largest absolute Gasteiger partial charge is 0.466 e. The molecule has 1 saturated heterocycles. The Balaban J connectivity index is 1.57. The average Bonchev–Trinajstić information content (AvgIpc) is 3.56. The molecular formula is C28H35ClN4O5S2. The van der Waals surface area contributed by atoms with Gasteiger partial charge in [-0.1, -0.05) is 43.3 Å². The minimum Gasteiger partial charge on any atom is -0.466 e. The molecule has 40 heavy (non-hydrogen) atoms. The summed E-state index contributed by atoms with van der Waals surface area (Å²) in [5.74, 6) is 0.228. The van der Waals surface area contributed by atoms with Crippen LogP contribution in [0.4, 0.5) is 0 Å². The fourth-order valence-electron chi connectivity index (χ4n) is 4.90. The van der Waals surface area contributed by atoms with Gasteiger partial charge in [0.15, 0.2) is 0 Å². The van der Waals surface area contributed by atoms with Gasteiger partial charge in [0.2, 0.25) is 5.91 Å². The Hall–Kier alpha value is -2.73. The minimum atomic E-state index is -4.05. The molecule has 9 nitrogen and oxygen atoms in total. The number of nitrogens with zero attached hydrogens (tertiary/aromatic N) is 4. The number of carbonyl (C=O) groups excluding carboxylic acids is 2. The second-order valence-electron chi connectivity index (χ2n) is 9.58. The van der Waals surface area contributed by atoms with Crippen LogP contribution >= 0.6 is 22.9 Å². The van der Waals surface area contributed by atoms with E-state index >= 15 is 0 Å². The van der Waals surface area contributed by atoms with E-state index in [-0.39, 0.29) is 30.3 Å². The zero-order valence-electron chi connectivity index (χ0n) is 23.0. The predicted molar refractivity (Wildman–Crippen MR) is 158 cm³/mol. The van der Waals surface area contributed by atoms with Gasteiger partial charge in [-0.25, -0.2) is 8.42 Å². The van der Waals surface area contributed by atoms with Crippen molar-refractivity contribution in [3.8, 4) is 0 Å². The SMILES string of the molecule is CCOC(=O)CC1C(=O)N(Cc2ccc(C3=NCCN3C)cc2)CCN1S(=O)(=O)c1cc(/C=C\CCl)c(CC)s1. The zero-order valence-corrected chi connectivity index (χ0v) is 25.4. The summed E-state index contributed by atoms with van der Waals surface area (Å²) in [6.07, 6.45) is 3.88. The summed E-state index contributed by atoms with van der Waals surface area (Å²) in [7, 11) is -2.04. The van der Waals surface area contributed by atoms with E-state index in [2.05, 4.69) is 9.89 Å². The highest BCUT2D eigenvalue weighted by Gasteiger charge is 2.43. The molecule has 3 heterocycles. The van der Waals surface area contributed by atoms with Crippen LogP contribution in [0.1, 0.15) is 41.8 Å². The van der Waals surface area contributed by atoms with Crippen LogP contribution in [-0.2, 0) is 37.3 Å². The second kappa shape index (κ2) is 13.3. The standard InChI is InChI=1S/C28H35ClN4O5S2/c1-4-24-22(7-6-12-29)17-26(39-24)40(36,37)33-16-15-32(28(35)23(33)18-25(34)38-5-2)19-20-8-10-21(11-9-20)27-30-13-14-31(27)3/h6-11,17,23H,4-5,12-16,18-19H2,1-3H3/b7-6-. The summed E-state index contributed by atoms with van der Waals surface area (Å²) >= 11 is 6.97. The maximum Gasteiger partial charge on any atom is 0.307 e. The van der Waals surface area contributed by atoms with Gasteiger partial charge in [-0.05, 0) is 30.5 Å². The number of halogens is 1. The van der Waals surface area contributed by atoms with Gasteiger partial charge in [-0.2, -0.15) is 4.31 Å². The van der Waals surface area contributed by atoms with Gasteiger partial charge in [0.1, 0.15) is 16.1 Å². The Morgan fingerprint density at radius 1 is 1.20 bits per heavy atom. The zero-order chi connectivity index (χ0) is 28.9. The second-order valence-corrected chi connectivity index (χ2v) is 13.1. The number of rotatable bonds is 11. The van der Waals surface area contributed by atoms with E-state index in [9.17, 15) is 18.0 Å². The Kier molecular flexibility index (Phi) is 10.0. The highest BCUT2D eigenvalue weighted by Crippen LogP contribution is 2.33. The molecule has 0 saturated carbocycles. The van der Waals surface area contributed by atoms with Crippen molar-refractivity contribution in [2.24, 2.45) is 4.99 Å². The van der Waals surface area contributed by atoms with Gasteiger partial charge in [-0.3, -0.25) is 14.6 Å². The van der Waals surface area contributed by atoms with E-state index in [1.54, 1.807) is 24.0 Å². The number of alkyl halides is 1. The van der Waals surface area contributed by atoms with Crippen LogP contribution in [0.5, 0.6) is 0 Å². The quantitative estimate of drug-likeness (QED) is 0.286. The van der Waals surface area contributed by atoms with Gasteiger partial charge in [0.05, 0.1) is 19.6 Å². The Labute approximate surface area is 245 Å². The van der Waals surface area contributed by atoms with E-state index in [1.807, 2.05) is 44.3 Å². The number of ether oxygens (including phenoxy) is 1. The molecule has 1 fully saturated rings. The molecule has 0 N–H and O–H groups in total. The first-order valence-corrected chi connectivity index (χ1v) is 16.1. The molecule has 1 atom stereocenters. The molecule has 2 aliphatic rings. The topological polar surface area (TPSA) is 99.6 Å². The number of sulfonamides is 1. The molecule has 1 unspecified atom stereocenters. The number of amides is 1. The fraction of sp³-hybridized carbons (Fsp3) is 0.464. The maximum atomic E-state index is 13.8. The summed E-state index contributed by atoms with van der Waals surface area (Å²) in [5, 5.41) is 0. The monoisotopic (exact) mass is 606 g/mol. The third-order valence-corrected chi connectivity index (χ3v) is 10.8. The lowest BCUT2D eigenvalue weighted by Gasteiger charge is -2.39. The van der Waals surface area contributed by atoms with Gasteiger partial charge in [0.25, 0.3) is 10.0 Å². The van der Waals surface area contributed by atoms with Crippen LogP contribution in [0.15, 0.2) is 45.6 Å². The van der Waals surface area contributed by atoms with E-state index in [0.29, 0.717) is 18.8 Å². The summed E-state index contributed by atoms with van der Waals surface area (Å²) < 4.78 is 34.1. The van der Waals surface area contributed by atoms with Gasteiger partial charge < -0.3 is 14.5 Å². The number of allylic oxidation sites excluding steroid dienone is 1. The number of thiophene rings is 1. The first-order chi connectivity index (χ1) is 19.2. The van der Waals surface area contributed by atoms with Crippen molar-refractivity contribution in [2.75, 3.05) is 45.7 Å². The lowest BCUT2D eigenvalue weighted by atomic mass is 10.1. The molecule has 0 aliphatic carbocycles. The minimum absolute atomic E-state index is 0.0735. The average molecular weight is 607 g/mol. The van der Waals surface area contributed by atoms with Crippen LogP contribution in [-0.4, -0.2) is 92.0 Å². The molecule has 0 spiro atoms. The number of piperazine rings is 1. The van der Waals surface area contributed by atoms with E-state index < -0.39 is 27.9 Å². The molecule has 216 valence electrons. The first-order valence-electron chi connectivity index (χ1n) is 13.4. The fourth-order valence-corrected chi connectivity index (χ4v) is 8.15. The predicted octanol–water partition coefficient (Wildman–Crippen LogP) is 3.61. The van der Waals surface area contributed by atoms with Crippen molar-refractivity contribution in [3.63, 3.8) is 0 Å². The van der Waals surface area contributed by atoms with E-state index in [1.165, 1.54) is 15.6 Å². The lowest BCUT2D eigenvalue weighted by molar-refractivity contribution is -0.150. The van der Waals surface area contributed by atoms with E-state index in [0.717, 1.165) is 40.5 Å². The number of amidine groups is 1. The van der Waals surface area contributed by atoms with E-state index in [4.69, 9.17) is 16.3 Å². The van der Waals surface area contributed by atoms with Crippen LogP contribution < -0.4 is 0 Å². The van der Waals surface area contributed by atoms with Crippen molar-refractivity contribution in [1.29, 1.82) is 0 Å². The summed E-state index contributed by atoms with van der Waals surface area (Å²) in [5.41, 5.74) is 2.71. The molecule has 12 heteroatoms. The third-order valence-electron chi connectivity index (χ3n) is 6.93. The summed E-state index contributed by atoms with van der Waals surface area (Å²) in [6.45, 7) is 6.02. The molecule has 1 aromatic carbocycles. The molecule has 4 rings (SSSR count). The molecular weight excluding hydrogens is 572 g/mol. The number of hydrogen-bond acceptors (Lipinski definition) is 8. The number of esters is 1. The number of hydrogen-bond donors (Lipinski definition) is 0. The highest BCUT2D eigenvalue weighted by atomic mass is 35.5. The molecule has 0 bridgehead atoms. The Morgan fingerprint density at radius 2 is 1.95 bits per heavy atom. The van der Waals surface area contributed by atoms with Gasteiger partial charge in [-0.15, -0.1) is 22.9 Å². The lowest BCUT2D eigenvalue weighted by Crippen LogP contribution is -2.58. The van der Waals surface area contributed by atoms with Crippen molar-refractivity contribution in [2.45, 2.75) is 43.5 Å². The first kappa shape index (κ1) is 30.2. The number of aliphatic imine (C=N–C) groups is 1. The molecule has 0 radical (unpaired) electrons.